The van der Waals surface area contributed by atoms with Crippen molar-refractivity contribution in [2.45, 2.75) is 26.5 Å². The number of fused-ring (bicyclic) bond motifs is 1. The fraction of sp³-hybridized carbons (Fsp3) is 0.308. The van der Waals surface area contributed by atoms with Gasteiger partial charge in [0.1, 0.15) is 16.9 Å². The molecular formula is C13H13ClN4O2S. The quantitative estimate of drug-likeness (QED) is 0.774. The highest BCUT2D eigenvalue weighted by molar-refractivity contribution is 7.16. The molecule has 0 aliphatic carbocycles. The van der Waals surface area contributed by atoms with Crippen LogP contribution in [-0.2, 0) is 6.61 Å². The molecule has 6 nitrogen and oxygen atoms in total. The summed E-state index contributed by atoms with van der Waals surface area (Å²) in [4.78, 5) is 20.1. The molecule has 2 N–H and O–H groups in total. The molecule has 8 heteroatoms. The summed E-state index contributed by atoms with van der Waals surface area (Å²) in [7, 11) is 0. The second-order valence-electron chi connectivity index (χ2n) is 4.72. The smallest absolute Gasteiger partial charge is 0.262 e. The van der Waals surface area contributed by atoms with E-state index >= 15 is 0 Å². The van der Waals surface area contributed by atoms with Crippen LogP contribution < -0.4 is 5.56 Å². The summed E-state index contributed by atoms with van der Waals surface area (Å²) in [6.07, 6.45) is 0. The van der Waals surface area contributed by atoms with E-state index in [0.29, 0.717) is 26.9 Å². The van der Waals surface area contributed by atoms with Gasteiger partial charge in [-0.3, -0.25) is 4.79 Å². The van der Waals surface area contributed by atoms with E-state index in [4.69, 9.17) is 11.6 Å². The third-order valence-corrected chi connectivity index (χ3v) is 4.68. The lowest BCUT2D eigenvalue weighted by Crippen LogP contribution is -2.12. The van der Waals surface area contributed by atoms with Gasteiger partial charge in [0.15, 0.2) is 5.65 Å². The minimum atomic E-state index is -0.310. The van der Waals surface area contributed by atoms with Gasteiger partial charge in [-0.15, -0.1) is 11.3 Å². The van der Waals surface area contributed by atoms with Crippen molar-refractivity contribution >= 4 is 34.0 Å². The number of aliphatic hydroxyl groups is 1. The first-order chi connectivity index (χ1) is 10.0. The van der Waals surface area contributed by atoms with E-state index in [2.05, 4.69) is 15.1 Å². The molecular weight excluding hydrogens is 312 g/mol. The van der Waals surface area contributed by atoms with Crippen molar-refractivity contribution in [1.29, 1.82) is 0 Å². The summed E-state index contributed by atoms with van der Waals surface area (Å²) < 4.78 is 2.35. The Kier molecular flexibility index (Phi) is 3.56. The van der Waals surface area contributed by atoms with Gasteiger partial charge in [0.2, 0.25) is 0 Å². The predicted octanol–water partition coefficient (Wildman–Crippen LogP) is 2.24. The molecule has 0 aliphatic rings. The van der Waals surface area contributed by atoms with Gasteiger partial charge in [0.05, 0.1) is 17.0 Å². The van der Waals surface area contributed by atoms with Crippen LogP contribution in [0.4, 0.5) is 0 Å². The topological polar surface area (TPSA) is 83.8 Å². The molecule has 3 heterocycles. The lowest BCUT2D eigenvalue weighted by atomic mass is 10.2. The molecule has 0 spiro atoms. The maximum absolute atomic E-state index is 12.1. The maximum atomic E-state index is 12.1. The Labute approximate surface area is 129 Å². The van der Waals surface area contributed by atoms with Gasteiger partial charge in [-0.1, -0.05) is 11.6 Å². The van der Waals surface area contributed by atoms with Gasteiger partial charge >= 0.3 is 0 Å². The van der Waals surface area contributed by atoms with Crippen molar-refractivity contribution in [2.75, 3.05) is 0 Å². The Morgan fingerprint density at radius 3 is 2.90 bits per heavy atom. The van der Waals surface area contributed by atoms with Crippen molar-refractivity contribution in [3.05, 3.63) is 43.2 Å². The fourth-order valence-corrected chi connectivity index (χ4v) is 3.38. The van der Waals surface area contributed by atoms with E-state index in [9.17, 15) is 9.90 Å². The second-order valence-corrected chi connectivity index (χ2v) is 6.46. The third kappa shape index (κ3) is 2.37. The standard InChI is InChI=1S/C13H13ClN4O2S/c1-6(9-3-4-10(14)21-9)18-12-11(8(5-19)17-18)13(20)16-7(2)15-12/h3-4,6,19H,5H2,1-2H3,(H,15,16,20). The van der Waals surface area contributed by atoms with E-state index in [1.165, 1.54) is 11.3 Å². The van der Waals surface area contributed by atoms with Crippen LogP contribution in [0.25, 0.3) is 11.0 Å². The zero-order valence-electron chi connectivity index (χ0n) is 11.4. The molecule has 0 radical (unpaired) electrons. The molecule has 0 fully saturated rings. The zero-order valence-corrected chi connectivity index (χ0v) is 13.0. The Morgan fingerprint density at radius 1 is 1.52 bits per heavy atom. The number of nitrogens with one attached hydrogen (secondary N) is 1. The number of thiophene rings is 1. The summed E-state index contributed by atoms with van der Waals surface area (Å²) >= 11 is 7.42. The van der Waals surface area contributed by atoms with E-state index in [0.717, 1.165) is 4.88 Å². The van der Waals surface area contributed by atoms with Crippen LogP contribution in [0, 0.1) is 6.92 Å². The van der Waals surface area contributed by atoms with Gasteiger partial charge in [-0.2, -0.15) is 5.10 Å². The number of nitrogens with zero attached hydrogens (tertiary/aromatic N) is 3. The summed E-state index contributed by atoms with van der Waals surface area (Å²) in [6, 6.07) is 3.62. The molecule has 1 atom stereocenters. The molecule has 21 heavy (non-hydrogen) atoms. The molecule has 3 aromatic rings. The highest BCUT2D eigenvalue weighted by atomic mass is 35.5. The number of aromatic nitrogens is 4. The third-order valence-electron chi connectivity index (χ3n) is 3.28. The molecule has 0 saturated heterocycles. The SMILES string of the molecule is Cc1nc2c(c(CO)nn2C(C)c2ccc(Cl)s2)c(=O)[nH]1. The largest absolute Gasteiger partial charge is 0.390 e. The van der Waals surface area contributed by atoms with Crippen LogP contribution in [-0.4, -0.2) is 24.9 Å². The summed E-state index contributed by atoms with van der Waals surface area (Å²) in [5.41, 5.74) is 0.509. The average molecular weight is 325 g/mol. The van der Waals surface area contributed by atoms with E-state index in [1.807, 2.05) is 19.1 Å². The second kappa shape index (κ2) is 5.25. The normalized spacial score (nSPS) is 13.0. The number of rotatable bonds is 3. The number of hydrogen-bond acceptors (Lipinski definition) is 5. The molecule has 0 aliphatic heterocycles. The van der Waals surface area contributed by atoms with E-state index < -0.39 is 0 Å². The van der Waals surface area contributed by atoms with Crippen molar-refractivity contribution in [1.82, 2.24) is 19.7 Å². The molecule has 3 rings (SSSR count). The minimum absolute atomic E-state index is 0.126. The number of H-pyrrole nitrogens is 1. The fourth-order valence-electron chi connectivity index (χ4n) is 2.28. The summed E-state index contributed by atoms with van der Waals surface area (Å²) in [5.74, 6) is 0.509. The Hall–Kier alpha value is -1.70. The molecule has 0 saturated carbocycles. The number of aliphatic hydroxyl groups excluding tert-OH is 1. The first-order valence-corrected chi connectivity index (χ1v) is 7.54. The van der Waals surface area contributed by atoms with Gasteiger partial charge < -0.3 is 10.1 Å². The summed E-state index contributed by atoms with van der Waals surface area (Å²) in [6.45, 7) is 3.35. The van der Waals surface area contributed by atoms with E-state index in [-0.39, 0.29) is 18.2 Å². The van der Waals surface area contributed by atoms with Crippen molar-refractivity contribution in [3.63, 3.8) is 0 Å². The molecule has 0 bridgehead atoms. The lowest BCUT2D eigenvalue weighted by Gasteiger charge is -2.10. The average Bonchev–Trinajstić information content (AvgIpc) is 3.01. The van der Waals surface area contributed by atoms with Crippen LogP contribution >= 0.6 is 22.9 Å². The minimum Gasteiger partial charge on any atom is -0.390 e. The van der Waals surface area contributed by atoms with Crippen LogP contribution in [0.3, 0.4) is 0 Å². The van der Waals surface area contributed by atoms with Crippen molar-refractivity contribution < 1.29 is 5.11 Å². The van der Waals surface area contributed by atoms with Gasteiger partial charge in [-0.25, -0.2) is 9.67 Å². The van der Waals surface area contributed by atoms with Gasteiger partial charge in [0.25, 0.3) is 5.56 Å². The lowest BCUT2D eigenvalue weighted by molar-refractivity contribution is 0.276. The van der Waals surface area contributed by atoms with Crippen molar-refractivity contribution in [2.24, 2.45) is 0 Å². The Morgan fingerprint density at radius 2 is 2.29 bits per heavy atom. The molecule has 0 amide bonds. The first kappa shape index (κ1) is 14.2. The van der Waals surface area contributed by atoms with E-state index in [1.54, 1.807) is 11.6 Å². The summed E-state index contributed by atoms with van der Waals surface area (Å²) in [5, 5.41) is 14.1. The van der Waals surface area contributed by atoms with Crippen LogP contribution in [0.2, 0.25) is 4.34 Å². The van der Waals surface area contributed by atoms with Crippen molar-refractivity contribution in [3.8, 4) is 0 Å². The molecule has 0 aromatic carbocycles. The zero-order chi connectivity index (χ0) is 15.1. The Bertz CT molecular complexity index is 867. The van der Waals surface area contributed by atoms with Crippen LogP contribution in [0.5, 0.6) is 0 Å². The molecule has 3 aromatic heterocycles. The first-order valence-electron chi connectivity index (χ1n) is 6.35. The number of hydrogen-bond donors (Lipinski definition) is 2. The maximum Gasteiger partial charge on any atom is 0.262 e. The molecule has 110 valence electrons. The van der Waals surface area contributed by atoms with Crippen LogP contribution in [0.15, 0.2) is 16.9 Å². The number of halogens is 1. The Balaban J connectivity index is 2.25. The van der Waals surface area contributed by atoms with Crippen LogP contribution in [0.1, 0.15) is 29.4 Å². The monoisotopic (exact) mass is 324 g/mol. The molecule has 1 unspecified atom stereocenters. The highest BCUT2D eigenvalue weighted by Gasteiger charge is 2.20. The number of aryl methyl sites for hydroxylation is 1. The highest BCUT2D eigenvalue weighted by Crippen LogP contribution is 2.30. The van der Waals surface area contributed by atoms with Gasteiger partial charge in [0, 0.05) is 4.88 Å². The predicted molar refractivity (Wildman–Crippen MR) is 82.0 cm³/mol. The number of aromatic amines is 1. The van der Waals surface area contributed by atoms with Gasteiger partial charge in [-0.05, 0) is 26.0 Å².